The molecule has 2 amide bonds. The number of hydrogen-bond donors (Lipinski definition) is 2. The van der Waals surface area contributed by atoms with Gasteiger partial charge in [0.05, 0.1) is 35.7 Å². The lowest BCUT2D eigenvalue weighted by molar-refractivity contribution is -0.123. The molecule has 1 aliphatic carbocycles. The van der Waals surface area contributed by atoms with Crippen molar-refractivity contribution in [3.05, 3.63) is 29.3 Å². The highest BCUT2D eigenvalue weighted by Gasteiger charge is 2.54. The second-order valence-electron chi connectivity index (χ2n) is 8.15. The lowest BCUT2D eigenvalue weighted by atomic mass is 9.80. The fourth-order valence-electron chi connectivity index (χ4n) is 4.51. The molecule has 3 aliphatic rings. The smallest absolute Gasteiger partial charge is 0.257 e. The van der Waals surface area contributed by atoms with E-state index in [9.17, 15) is 9.59 Å². The molecule has 0 spiro atoms. The van der Waals surface area contributed by atoms with Crippen LogP contribution in [0.15, 0.2) is 12.4 Å². The summed E-state index contributed by atoms with van der Waals surface area (Å²) in [6.07, 6.45) is 8.41. The number of rotatable bonds is 9. The van der Waals surface area contributed by atoms with Gasteiger partial charge in [0.2, 0.25) is 5.91 Å². The number of amides is 2. The third kappa shape index (κ3) is 3.90. The fraction of sp³-hybridized carbons (Fsp3) is 0.650. The number of carbonyl (C=O) groups excluding carboxylic acids is 2. The minimum absolute atomic E-state index is 0.0433. The van der Waals surface area contributed by atoms with Gasteiger partial charge in [-0.2, -0.15) is 20.5 Å². The molecule has 3 fully saturated rings. The van der Waals surface area contributed by atoms with Crippen LogP contribution in [0, 0.1) is 12.8 Å². The molecule has 2 aliphatic heterocycles. The van der Waals surface area contributed by atoms with E-state index in [4.69, 9.17) is 0 Å². The van der Waals surface area contributed by atoms with Crippen molar-refractivity contribution in [1.82, 2.24) is 35.4 Å². The predicted molar refractivity (Wildman–Crippen MR) is 106 cm³/mol. The van der Waals surface area contributed by atoms with E-state index in [2.05, 4.69) is 32.7 Å². The third-order valence-corrected chi connectivity index (χ3v) is 6.21. The average molecular weight is 399 g/mol. The summed E-state index contributed by atoms with van der Waals surface area (Å²) < 4.78 is 1.89. The van der Waals surface area contributed by atoms with E-state index in [1.165, 1.54) is 0 Å². The van der Waals surface area contributed by atoms with Crippen molar-refractivity contribution in [2.45, 2.75) is 71.0 Å². The van der Waals surface area contributed by atoms with Crippen LogP contribution in [0.1, 0.15) is 60.8 Å². The molecule has 0 aromatic carbocycles. The second kappa shape index (κ2) is 8.34. The van der Waals surface area contributed by atoms with E-state index in [0.717, 1.165) is 56.6 Å². The first-order valence-corrected chi connectivity index (χ1v) is 10.6. The van der Waals surface area contributed by atoms with E-state index in [1.807, 2.05) is 16.5 Å². The van der Waals surface area contributed by atoms with Gasteiger partial charge in [0.25, 0.3) is 5.91 Å². The van der Waals surface area contributed by atoms with Gasteiger partial charge in [0.1, 0.15) is 0 Å². The van der Waals surface area contributed by atoms with Crippen LogP contribution in [0.25, 0.3) is 0 Å². The molecule has 4 heterocycles. The first-order chi connectivity index (χ1) is 14.1. The van der Waals surface area contributed by atoms with Crippen molar-refractivity contribution in [2.24, 2.45) is 5.92 Å². The lowest BCUT2D eigenvalue weighted by Crippen LogP contribution is -2.55. The molecule has 2 aromatic rings. The molecule has 29 heavy (non-hydrogen) atoms. The van der Waals surface area contributed by atoms with Crippen LogP contribution in [0.5, 0.6) is 0 Å². The number of aryl methyl sites for hydroxylation is 2. The van der Waals surface area contributed by atoms with Gasteiger partial charge in [0, 0.05) is 31.1 Å². The second-order valence-corrected chi connectivity index (χ2v) is 8.15. The van der Waals surface area contributed by atoms with Gasteiger partial charge in [-0.1, -0.05) is 6.92 Å². The van der Waals surface area contributed by atoms with E-state index in [-0.39, 0.29) is 23.9 Å². The highest BCUT2D eigenvalue weighted by molar-refractivity contribution is 5.96. The largest absolute Gasteiger partial charge is 0.351 e. The van der Waals surface area contributed by atoms with Crippen molar-refractivity contribution >= 4 is 11.8 Å². The van der Waals surface area contributed by atoms with Crippen molar-refractivity contribution in [2.75, 3.05) is 6.54 Å². The Kier molecular flexibility index (Phi) is 5.64. The Morgan fingerprint density at radius 3 is 2.93 bits per heavy atom. The first kappa shape index (κ1) is 19.6. The van der Waals surface area contributed by atoms with E-state index >= 15 is 0 Å². The van der Waals surface area contributed by atoms with Gasteiger partial charge in [-0.05, 0) is 39.0 Å². The summed E-state index contributed by atoms with van der Waals surface area (Å²) in [6.45, 7) is 5.59. The number of fused-ring (bicyclic) bond motifs is 1. The van der Waals surface area contributed by atoms with Crippen LogP contribution in [0.3, 0.4) is 0 Å². The zero-order chi connectivity index (χ0) is 20.4. The number of unbranched alkanes of at least 4 members (excludes halogenated alkanes) is 1. The number of hydrogen-bond acceptors (Lipinski definition) is 5. The van der Waals surface area contributed by atoms with Crippen LogP contribution >= 0.6 is 0 Å². The van der Waals surface area contributed by atoms with Crippen molar-refractivity contribution in [1.29, 1.82) is 0 Å². The van der Waals surface area contributed by atoms with Crippen molar-refractivity contribution in [3.8, 4) is 0 Å². The SMILES string of the molecule is CCCn1ncc(C(=O)N2CC3CC2C3NC(=O)CCCCc2cn[nH]n2)c1C. The van der Waals surface area contributed by atoms with Gasteiger partial charge < -0.3 is 10.2 Å². The molecule has 0 radical (unpaired) electrons. The Hall–Kier alpha value is -2.71. The maximum atomic E-state index is 13.0. The van der Waals surface area contributed by atoms with Crippen LogP contribution in [0.4, 0.5) is 0 Å². The third-order valence-electron chi connectivity index (χ3n) is 6.21. The normalized spacial score (nSPS) is 22.6. The number of nitrogens with one attached hydrogen (secondary N) is 2. The minimum atomic E-state index is 0.0433. The molecule has 156 valence electrons. The van der Waals surface area contributed by atoms with Gasteiger partial charge >= 0.3 is 0 Å². The first-order valence-electron chi connectivity index (χ1n) is 10.6. The Bertz CT molecular complexity index is 860. The zero-order valence-electron chi connectivity index (χ0n) is 17.1. The van der Waals surface area contributed by atoms with E-state index < -0.39 is 0 Å². The van der Waals surface area contributed by atoms with Crippen molar-refractivity contribution in [3.63, 3.8) is 0 Å². The summed E-state index contributed by atoms with van der Waals surface area (Å²) in [5, 5.41) is 17.9. The summed E-state index contributed by atoms with van der Waals surface area (Å²) in [5.41, 5.74) is 2.53. The van der Waals surface area contributed by atoms with Gasteiger partial charge in [-0.25, -0.2) is 0 Å². The van der Waals surface area contributed by atoms with E-state index in [0.29, 0.717) is 17.9 Å². The number of carbonyl (C=O) groups is 2. The Morgan fingerprint density at radius 2 is 2.17 bits per heavy atom. The van der Waals surface area contributed by atoms with Crippen molar-refractivity contribution < 1.29 is 9.59 Å². The summed E-state index contributed by atoms with van der Waals surface area (Å²) in [6, 6.07) is 0.202. The Morgan fingerprint density at radius 1 is 1.31 bits per heavy atom. The molecule has 2 bridgehead atoms. The highest BCUT2D eigenvalue weighted by Crippen LogP contribution is 2.42. The summed E-state index contributed by atoms with van der Waals surface area (Å²) in [4.78, 5) is 27.3. The molecular weight excluding hydrogens is 370 g/mol. The van der Waals surface area contributed by atoms with Crippen LogP contribution < -0.4 is 5.32 Å². The molecular formula is C20H29N7O2. The molecule has 3 unspecified atom stereocenters. The standard InChI is InChI=1S/C20H29N7O2/c1-3-8-27-13(2)16(11-22-27)20(29)26-12-14-9-17(26)19(14)23-18(28)7-5-4-6-15-10-21-25-24-15/h10-11,14,17,19H,3-9,12H2,1-2H3,(H,23,28)(H,21,24,25). The summed E-state index contributed by atoms with van der Waals surface area (Å²) in [5.74, 6) is 0.488. The molecule has 2 aromatic heterocycles. The lowest BCUT2D eigenvalue weighted by Gasteiger charge is -2.37. The van der Waals surface area contributed by atoms with Gasteiger partial charge in [-0.15, -0.1) is 0 Å². The average Bonchev–Trinajstić information content (AvgIpc) is 3.48. The molecule has 3 atom stereocenters. The van der Waals surface area contributed by atoms with Crippen LogP contribution in [0.2, 0.25) is 0 Å². The summed E-state index contributed by atoms with van der Waals surface area (Å²) >= 11 is 0. The molecule has 2 saturated heterocycles. The number of aromatic nitrogens is 5. The maximum absolute atomic E-state index is 13.0. The number of nitrogens with zero attached hydrogens (tertiary/aromatic N) is 5. The van der Waals surface area contributed by atoms with E-state index in [1.54, 1.807) is 12.4 Å². The Labute approximate surface area is 170 Å². The van der Waals surface area contributed by atoms with Crippen LogP contribution in [-0.4, -0.2) is 60.5 Å². The molecule has 5 rings (SSSR count). The quantitative estimate of drug-likeness (QED) is 0.621. The molecule has 9 heteroatoms. The van der Waals surface area contributed by atoms with Gasteiger partial charge in [0.15, 0.2) is 0 Å². The molecule has 2 N–H and O–H groups in total. The highest BCUT2D eigenvalue weighted by atomic mass is 16.2. The Balaban J connectivity index is 1.26. The molecule has 1 saturated carbocycles. The zero-order valence-corrected chi connectivity index (χ0v) is 17.1. The predicted octanol–water partition coefficient (Wildman–Crippen LogP) is 1.46. The van der Waals surface area contributed by atoms with Crippen LogP contribution in [-0.2, 0) is 17.8 Å². The molecule has 9 nitrogen and oxygen atoms in total. The van der Waals surface area contributed by atoms with Gasteiger partial charge in [-0.3, -0.25) is 14.3 Å². The maximum Gasteiger partial charge on any atom is 0.257 e. The number of H-pyrrole nitrogens is 1. The summed E-state index contributed by atoms with van der Waals surface area (Å²) in [7, 11) is 0. The fourth-order valence-corrected chi connectivity index (χ4v) is 4.51. The topological polar surface area (TPSA) is 109 Å². The number of aromatic amines is 1. The monoisotopic (exact) mass is 399 g/mol. The minimum Gasteiger partial charge on any atom is -0.351 e.